The summed E-state index contributed by atoms with van der Waals surface area (Å²) >= 11 is 5.67. The van der Waals surface area contributed by atoms with Crippen LogP contribution in [0.5, 0.6) is 0 Å². The van der Waals surface area contributed by atoms with Crippen molar-refractivity contribution in [1.29, 1.82) is 0 Å². The number of anilines is 1. The van der Waals surface area contributed by atoms with Gasteiger partial charge in [0.1, 0.15) is 6.10 Å². The SMILES string of the molecule is Nc1c(F)cnc(C(=O)OC2CC2)c1Cl. The number of carbonyl (C=O) groups is 1. The van der Waals surface area contributed by atoms with Gasteiger partial charge in [-0.3, -0.25) is 0 Å². The molecular weight excluding hydrogens is 223 g/mol. The molecule has 6 heteroatoms. The molecule has 0 aliphatic heterocycles. The number of nitrogen functional groups attached to an aromatic ring is 1. The Morgan fingerprint density at radius 3 is 2.93 bits per heavy atom. The Morgan fingerprint density at radius 1 is 1.67 bits per heavy atom. The summed E-state index contributed by atoms with van der Waals surface area (Å²) in [5, 5.41) is -0.194. The molecule has 2 rings (SSSR count). The van der Waals surface area contributed by atoms with Crippen molar-refractivity contribution in [2.24, 2.45) is 0 Å². The number of aromatic nitrogens is 1. The van der Waals surface area contributed by atoms with E-state index in [-0.39, 0.29) is 22.5 Å². The van der Waals surface area contributed by atoms with Crippen LogP contribution in [0.25, 0.3) is 0 Å². The van der Waals surface area contributed by atoms with Crippen LogP contribution in [0.4, 0.5) is 10.1 Å². The molecular formula is C9H8ClFN2O2. The van der Waals surface area contributed by atoms with E-state index in [0.717, 1.165) is 19.0 Å². The van der Waals surface area contributed by atoms with Gasteiger partial charge in [0.25, 0.3) is 0 Å². The van der Waals surface area contributed by atoms with Crippen molar-refractivity contribution in [3.63, 3.8) is 0 Å². The molecule has 0 unspecified atom stereocenters. The lowest BCUT2D eigenvalue weighted by Gasteiger charge is -2.05. The van der Waals surface area contributed by atoms with Gasteiger partial charge in [0.05, 0.1) is 16.9 Å². The lowest BCUT2D eigenvalue weighted by Crippen LogP contribution is -2.11. The molecule has 0 radical (unpaired) electrons. The molecule has 1 aliphatic carbocycles. The van der Waals surface area contributed by atoms with E-state index < -0.39 is 11.8 Å². The molecule has 0 bridgehead atoms. The fourth-order valence-electron chi connectivity index (χ4n) is 1.02. The second-order valence-corrected chi connectivity index (χ2v) is 3.67. The van der Waals surface area contributed by atoms with Crippen LogP contribution in [0.1, 0.15) is 23.3 Å². The lowest BCUT2D eigenvalue weighted by molar-refractivity contribution is 0.0465. The van der Waals surface area contributed by atoms with Crippen molar-refractivity contribution in [2.75, 3.05) is 5.73 Å². The largest absolute Gasteiger partial charge is 0.458 e. The molecule has 0 spiro atoms. The predicted molar refractivity (Wildman–Crippen MR) is 52.1 cm³/mol. The van der Waals surface area contributed by atoms with Crippen LogP contribution < -0.4 is 5.73 Å². The molecule has 1 aliphatic rings. The van der Waals surface area contributed by atoms with Crippen LogP contribution in [0.15, 0.2) is 6.20 Å². The van der Waals surface area contributed by atoms with Crippen LogP contribution in [0.3, 0.4) is 0 Å². The number of rotatable bonds is 2. The summed E-state index contributed by atoms with van der Waals surface area (Å²) in [6.07, 6.45) is 2.49. The number of esters is 1. The Balaban J connectivity index is 2.26. The average Bonchev–Trinajstić information content (AvgIpc) is 2.98. The zero-order valence-corrected chi connectivity index (χ0v) is 8.42. The summed E-state index contributed by atoms with van der Waals surface area (Å²) in [5.41, 5.74) is 4.89. The molecule has 15 heavy (non-hydrogen) atoms. The van der Waals surface area contributed by atoms with Gasteiger partial charge in [-0.1, -0.05) is 11.6 Å². The van der Waals surface area contributed by atoms with Crippen LogP contribution in [-0.4, -0.2) is 17.1 Å². The molecule has 1 heterocycles. The van der Waals surface area contributed by atoms with E-state index in [1.165, 1.54) is 0 Å². The van der Waals surface area contributed by atoms with E-state index in [1.54, 1.807) is 0 Å². The van der Waals surface area contributed by atoms with Crippen molar-refractivity contribution in [1.82, 2.24) is 4.98 Å². The van der Waals surface area contributed by atoms with E-state index in [2.05, 4.69) is 4.98 Å². The number of nitrogens with two attached hydrogens (primary N) is 1. The minimum absolute atomic E-state index is 0.0540. The van der Waals surface area contributed by atoms with E-state index in [4.69, 9.17) is 22.1 Å². The Hall–Kier alpha value is -1.36. The Morgan fingerprint density at radius 2 is 2.33 bits per heavy atom. The maximum Gasteiger partial charge on any atom is 0.358 e. The van der Waals surface area contributed by atoms with Gasteiger partial charge in [0.15, 0.2) is 11.5 Å². The smallest absolute Gasteiger partial charge is 0.358 e. The molecule has 0 aromatic carbocycles. The first kappa shape index (κ1) is 10.2. The fraction of sp³-hybridized carbons (Fsp3) is 0.333. The van der Waals surface area contributed by atoms with Gasteiger partial charge >= 0.3 is 5.97 Å². The van der Waals surface area contributed by atoms with Gasteiger partial charge in [0, 0.05) is 0 Å². The van der Waals surface area contributed by atoms with E-state index in [0.29, 0.717) is 0 Å². The summed E-state index contributed by atoms with van der Waals surface area (Å²) in [6.45, 7) is 0. The zero-order chi connectivity index (χ0) is 11.0. The Kier molecular flexibility index (Phi) is 2.48. The van der Waals surface area contributed by atoms with Crippen LogP contribution in [0, 0.1) is 5.82 Å². The normalized spacial score (nSPS) is 15.1. The van der Waals surface area contributed by atoms with E-state index in [9.17, 15) is 9.18 Å². The van der Waals surface area contributed by atoms with Crippen LogP contribution in [0.2, 0.25) is 5.02 Å². The van der Waals surface area contributed by atoms with Crippen LogP contribution in [-0.2, 0) is 4.74 Å². The Bertz CT molecular complexity index is 421. The maximum atomic E-state index is 12.9. The predicted octanol–water partition coefficient (Wildman–Crippen LogP) is 1.78. The van der Waals surface area contributed by atoms with Crippen molar-refractivity contribution in [3.05, 3.63) is 22.7 Å². The highest BCUT2D eigenvalue weighted by Crippen LogP contribution is 2.28. The van der Waals surface area contributed by atoms with Crippen molar-refractivity contribution >= 4 is 23.3 Å². The standard InChI is InChI=1S/C9H8ClFN2O2/c10-6-7(12)5(11)3-13-8(6)9(14)15-4-1-2-4/h3-4H,1-2H2,(H2,12,13). The second-order valence-electron chi connectivity index (χ2n) is 3.29. The number of hydrogen-bond donors (Lipinski definition) is 1. The zero-order valence-electron chi connectivity index (χ0n) is 7.67. The molecule has 0 amide bonds. The first-order chi connectivity index (χ1) is 7.09. The highest BCUT2D eigenvalue weighted by atomic mass is 35.5. The molecule has 80 valence electrons. The summed E-state index contributed by atoms with van der Waals surface area (Å²) < 4.78 is 17.8. The lowest BCUT2D eigenvalue weighted by atomic mass is 10.3. The maximum absolute atomic E-state index is 12.9. The third kappa shape index (κ3) is 2.02. The summed E-state index contributed by atoms with van der Waals surface area (Å²) in [6, 6.07) is 0. The van der Waals surface area contributed by atoms with Crippen LogP contribution >= 0.6 is 11.6 Å². The number of hydrogen-bond acceptors (Lipinski definition) is 4. The monoisotopic (exact) mass is 230 g/mol. The average molecular weight is 231 g/mol. The van der Waals surface area contributed by atoms with Crippen molar-refractivity contribution in [3.8, 4) is 0 Å². The highest BCUT2D eigenvalue weighted by molar-refractivity contribution is 6.35. The molecule has 2 N–H and O–H groups in total. The van der Waals surface area contributed by atoms with Gasteiger partial charge < -0.3 is 10.5 Å². The van der Waals surface area contributed by atoms with Gasteiger partial charge in [-0.25, -0.2) is 14.2 Å². The van der Waals surface area contributed by atoms with Crippen molar-refractivity contribution in [2.45, 2.75) is 18.9 Å². The highest BCUT2D eigenvalue weighted by Gasteiger charge is 2.28. The number of pyridine rings is 1. The topological polar surface area (TPSA) is 65.2 Å². The number of ether oxygens (including phenoxy) is 1. The summed E-state index contributed by atoms with van der Waals surface area (Å²) in [5.74, 6) is -1.41. The number of halogens is 2. The molecule has 1 saturated carbocycles. The molecule has 1 fully saturated rings. The summed E-state index contributed by atoms with van der Waals surface area (Å²) in [7, 11) is 0. The minimum atomic E-state index is -0.747. The van der Waals surface area contributed by atoms with Gasteiger partial charge in [-0.2, -0.15) is 0 Å². The second kappa shape index (κ2) is 3.66. The molecule has 4 nitrogen and oxygen atoms in total. The Labute approximate surface area is 90.2 Å². The van der Waals surface area contributed by atoms with Crippen molar-refractivity contribution < 1.29 is 13.9 Å². The van der Waals surface area contributed by atoms with Gasteiger partial charge in [0.2, 0.25) is 0 Å². The quantitative estimate of drug-likeness (QED) is 0.787. The first-order valence-corrected chi connectivity index (χ1v) is 4.78. The summed E-state index contributed by atoms with van der Waals surface area (Å²) in [4.78, 5) is 15.0. The molecule has 1 aromatic rings. The fourth-order valence-corrected chi connectivity index (χ4v) is 1.23. The first-order valence-electron chi connectivity index (χ1n) is 4.40. The third-order valence-corrected chi connectivity index (χ3v) is 2.38. The third-order valence-electron chi connectivity index (χ3n) is 2.00. The van der Waals surface area contributed by atoms with Gasteiger partial charge in [-0.05, 0) is 12.8 Å². The number of nitrogens with zero attached hydrogens (tertiary/aromatic N) is 1. The molecule has 0 atom stereocenters. The van der Waals surface area contributed by atoms with E-state index >= 15 is 0 Å². The molecule has 0 saturated heterocycles. The molecule has 1 aromatic heterocycles. The van der Waals surface area contributed by atoms with E-state index in [1.807, 2.05) is 0 Å². The minimum Gasteiger partial charge on any atom is -0.458 e. The number of carbonyl (C=O) groups excluding carboxylic acids is 1. The van der Waals surface area contributed by atoms with Gasteiger partial charge in [-0.15, -0.1) is 0 Å².